The van der Waals surface area contributed by atoms with Crippen LogP contribution in [0.4, 0.5) is 13.2 Å². The van der Waals surface area contributed by atoms with Gasteiger partial charge in [0.2, 0.25) is 0 Å². The van der Waals surface area contributed by atoms with Crippen LogP contribution >= 0.6 is 0 Å². The van der Waals surface area contributed by atoms with Crippen molar-refractivity contribution in [1.29, 1.82) is 0 Å². The third kappa shape index (κ3) is 2.64. The standard InChI is InChI=1S/C5H8F3N2O/c1-10-3-2-9-4(10)11-5(6,7)8/h2,4,9H,3H2,1H3. The van der Waals surface area contributed by atoms with E-state index in [1.165, 1.54) is 18.5 Å². The van der Waals surface area contributed by atoms with Crippen molar-refractivity contribution in [3.8, 4) is 0 Å². The first-order valence-electron chi connectivity index (χ1n) is 3.01. The Morgan fingerprint density at radius 1 is 1.64 bits per heavy atom. The Hall–Kier alpha value is -0.330. The van der Waals surface area contributed by atoms with E-state index in [0.29, 0.717) is 6.54 Å². The molecule has 0 aliphatic carbocycles. The summed E-state index contributed by atoms with van der Waals surface area (Å²) < 4.78 is 38.4. The highest BCUT2D eigenvalue weighted by atomic mass is 19.4. The summed E-state index contributed by atoms with van der Waals surface area (Å²) in [7, 11) is 1.53. The van der Waals surface area contributed by atoms with E-state index in [9.17, 15) is 13.2 Å². The van der Waals surface area contributed by atoms with Gasteiger partial charge in [-0.15, -0.1) is 13.2 Å². The molecule has 1 N–H and O–H groups in total. The average molecular weight is 169 g/mol. The summed E-state index contributed by atoms with van der Waals surface area (Å²) in [6.07, 6.45) is -5.65. The van der Waals surface area contributed by atoms with Gasteiger partial charge in [0.1, 0.15) is 0 Å². The van der Waals surface area contributed by atoms with E-state index >= 15 is 0 Å². The summed E-state index contributed by atoms with van der Waals surface area (Å²) in [5, 5.41) is 2.42. The molecule has 65 valence electrons. The first kappa shape index (κ1) is 8.76. The Morgan fingerprint density at radius 3 is 2.64 bits per heavy atom. The minimum atomic E-state index is -4.58. The monoisotopic (exact) mass is 169 g/mol. The van der Waals surface area contributed by atoms with Crippen molar-refractivity contribution < 1.29 is 17.9 Å². The van der Waals surface area contributed by atoms with E-state index in [4.69, 9.17) is 0 Å². The van der Waals surface area contributed by atoms with Crippen molar-refractivity contribution in [1.82, 2.24) is 10.2 Å². The Bertz CT molecular complexity index is 138. The molecule has 0 bridgehead atoms. The van der Waals surface area contributed by atoms with Gasteiger partial charge in [-0.3, -0.25) is 15.0 Å². The molecular weight excluding hydrogens is 161 g/mol. The fourth-order valence-corrected chi connectivity index (χ4v) is 0.771. The van der Waals surface area contributed by atoms with Crippen LogP contribution in [0.5, 0.6) is 0 Å². The van der Waals surface area contributed by atoms with Crippen molar-refractivity contribution in [3.05, 3.63) is 6.54 Å². The van der Waals surface area contributed by atoms with Crippen LogP contribution in [0.1, 0.15) is 0 Å². The summed E-state index contributed by atoms with van der Waals surface area (Å²) in [5.41, 5.74) is 0. The number of rotatable bonds is 1. The van der Waals surface area contributed by atoms with Gasteiger partial charge in [0, 0.05) is 13.1 Å². The van der Waals surface area contributed by atoms with Crippen LogP contribution < -0.4 is 5.32 Å². The molecule has 1 aliphatic heterocycles. The smallest absolute Gasteiger partial charge is 0.273 e. The van der Waals surface area contributed by atoms with Gasteiger partial charge in [0.25, 0.3) is 0 Å². The molecule has 0 spiro atoms. The minimum absolute atomic E-state index is 0.445. The highest BCUT2D eigenvalue weighted by molar-refractivity contribution is 4.77. The third-order valence-electron chi connectivity index (χ3n) is 1.29. The maximum absolute atomic E-state index is 11.6. The Morgan fingerprint density at radius 2 is 2.27 bits per heavy atom. The zero-order chi connectivity index (χ0) is 8.48. The van der Waals surface area contributed by atoms with Gasteiger partial charge in [-0.1, -0.05) is 0 Å². The van der Waals surface area contributed by atoms with Gasteiger partial charge < -0.3 is 0 Å². The van der Waals surface area contributed by atoms with Gasteiger partial charge >= 0.3 is 6.36 Å². The van der Waals surface area contributed by atoms with Crippen molar-refractivity contribution >= 4 is 0 Å². The van der Waals surface area contributed by atoms with Crippen molar-refractivity contribution in [2.75, 3.05) is 13.6 Å². The summed E-state index contributed by atoms with van der Waals surface area (Å²) >= 11 is 0. The molecule has 0 aromatic carbocycles. The van der Waals surface area contributed by atoms with E-state index < -0.39 is 12.7 Å². The molecule has 1 fully saturated rings. The molecule has 0 saturated carbocycles. The molecule has 1 heterocycles. The zero-order valence-electron chi connectivity index (χ0n) is 5.85. The van der Waals surface area contributed by atoms with Gasteiger partial charge in [-0.25, -0.2) is 0 Å². The predicted molar refractivity (Wildman–Crippen MR) is 31.0 cm³/mol. The zero-order valence-corrected chi connectivity index (χ0v) is 5.85. The third-order valence-corrected chi connectivity index (χ3v) is 1.29. The molecule has 3 nitrogen and oxygen atoms in total. The predicted octanol–water partition coefficient (Wildman–Crippen LogP) is 0.503. The highest BCUT2D eigenvalue weighted by Gasteiger charge is 2.36. The maximum atomic E-state index is 11.6. The maximum Gasteiger partial charge on any atom is 0.525 e. The lowest BCUT2D eigenvalue weighted by Crippen LogP contribution is -2.39. The number of hydrogen-bond acceptors (Lipinski definition) is 3. The first-order valence-corrected chi connectivity index (χ1v) is 3.01. The molecule has 1 saturated heterocycles. The van der Waals surface area contributed by atoms with Gasteiger partial charge in [-0.05, 0) is 7.05 Å². The van der Waals surface area contributed by atoms with Gasteiger partial charge in [0.15, 0.2) is 6.35 Å². The summed E-state index contributed by atoms with van der Waals surface area (Å²) in [6.45, 7) is 1.96. The van der Waals surface area contributed by atoms with Gasteiger partial charge in [0.05, 0.1) is 0 Å². The summed E-state index contributed by atoms with van der Waals surface area (Å²) in [5.74, 6) is 0. The Balaban J connectivity index is 2.37. The second-order valence-corrected chi connectivity index (χ2v) is 2.23. The van der Waals surface area contributed by atoms with Crippen LogP contribution in [-0.4, -0.2) is 31.2 Å². The number of ether oxygens (including phenoxy) is 1. The number of nitrogens with one attached hydrogen (secondary N) is 1. The SMILES string of the molecule is CN1C[CH]NC1OC(F)(F)F. The lowest BCUT2D eigenvalue weighted by atomic mass is 10.7. The normalized spacial score (nSPS) is 27.8. The summed E-state index contributed by atoms with van der Waals surface area (Å²) in [6, 6.07) is 0. The van der Waals surface area contributed by atoms with Crippen molar-refractivity contribution in [3.63, 3.8) is 0 Å². The quantitative estimate of drug-likeness (QED) is 0.618. The lowest BCUT2D eigenvalue weighted by molar-refractivity contribution is -0.358. The van der Waals surface area contributed by atoms with Crippen molar-refractivity contribution in [2.45, 2.75) is 12.7 Å². The van der Waals surface area contributed by atoms with E-state index in [-0.39, 0.29) is 0 Å². The molecule has 6 heteroatoms. The molecular formula is C5H8F3N2O. The fourth-order valence-electron chi connectivity index (χ4n) is 0.771. The van der Waals surface area contributed by atoms with Crippen LogP contribution in [0.25, 0.3) is 0 Å². The molecule has 0 amide bonds. The lowest BCUT2D eigenvalue weighted by Gasteiger charge is -2.20. The van der Waals surface area contributed by atoms with Crippen LogP contribution in [0.3, 0.4) is 0 Å². The van der Waals surface area contributed by atoms with Crippen LogP contribution in [-0.2, 0) is 4.74 Å². The molecule has 11 heavy (non-hydrogen) atoms. The molecule has 0 aromatic rings. The molecule has 1 unspecified atom stereocenters. The molecule has 1 atom stereocenters. The number of halogens is 3. The summed E-state index contributed by atoms with van der Waals surface area (Å²) in [4.78, 5) is 1.40. The topological polar surface area (TPSA) is 24.5 Å². The van der Waals surface area contributed by atoms with Crippen LogP contribution in [0, 0.1) is 6.54 Å². The average Bonchev–Trinajstić information content (AvgIpc) is 2.12. The second kappa shape index (κ2) is 2.96. The minimum Gasteiger partial charge on any atom is -0.273 e. The van der Waals surface area contributed by atoms with E-state index in [0.717, 1.165) is 0 Å². The van der Waals surface area contributed by atoms with Gasteiger partial charge in [-0.2, -0.15) is 0 Å². The second-order valence-electron chi connectivity index (χ2n) is 2.23. The molecule has 0 aromatic heterocycles. The molecule has 1 aliphatic rings. The molecule has 1 radical (unpaired) electrons. The first-order chi connectivity index (χ1) is 4.99. The number of nitrogens with zero attached hydrogens (tertiary/aromatic N) is 1. The fraction of sp³-hybridized carbons (Fsp3) is 0.800. The molecule has 1 rings (SSSR count). The highest BCUT2D eigenvalue weighted by Crippen LogP contribution is 2.20. The number of alkyl halides is 3. The van der Waals surface area contributed by atoms with E-state index in [1.807, 2.05) is 0 Å². The van der Waals surface area contributed by atoms with Crippen LogP contribution in [0.15, 0.2) is 0 Å². The Labute approximate surface area is 62.1 Å². The van der Waals surface area contributed by atoms with E-state index in [1.54, 1.807) is 0 Å². The number of hydrogen-bond donors (Lipinski definition) is 1. The van der Waals surface area contributed by atoms with Crippen LogP contribution in [0.2, 0.25) is 0 Å². The Kier molecular flexibility index (Phi) is 2.36. The largest absolute Gasteiger partial charge is 0.525 e. The number of likely N-dealkylation sites (N-methyl/N-ethyl adjacent to an activating group) is 1. The van der Waals surface area contributed by atoms with E-state index in [2.05, 4.69) is 10.1 Å². The van der Waals surface area contributed by atoms with Crippen molar-refractivity contribution in [2.24, 2.45) is 0 Å².